The van der Waals surface area contributed by atoms with Gasteiger partial charge in [0.05, 0.1) is 17.5 Å². The van der Waals surface area contributed by atoms with Crippen molar-refractivity contribution < 1.29 is 18.7 Å². The largest absolute Gasteiger partial charge is 0.462 e. The average Bonchev–Trinajstić information content (AvgIpc) is 3.51. The van der Waals surface area contributed by atoms with Crippen LogP contribution in [-0.2, 0) is 4.74 Å². The van der Waals surface area contributed by atoms with Crippen molar-refractivity contribution in [2.75, 3.05) is 38.2 Å². The number of aromatic nitrogens is 3. The number of anilines is 1. The number of hydrogen-bond donors (Lipinski definition) is 0. The maximum absolute atomic E-state index is 16.0. The zero-order chi connectivity index (χ0) is 34.4. The third kappa shape index (κ3) is 7.06. The molecule has 2 aromatic rings. The molecule has 2 unspecified atom stereocenters. The monoisotopic (exact) mass is 686 g/mol. The Morgan fingerprint density at radius 3 is 2.17 bits per heavy atom. The van der Waals surface area contributed by atoms with Crippen LogP contribution in [0.1, 0.15) is 93.7 Å². The average molecular weight is 687 g/mol. The van der Waals surface area contributed by atoms with Crippen LogP contribution in [-0.4, -0.2) is 95.9 Å². The third-order valence-electron chi connectivity index (χ3n) is 10.4. The smallest absolute Gasteiger partial charge is 0.410 e. The Kier molecular flexibility index (Phi) is 10.4. The summed E-state index contributed by atoms with van der Waals surface area (Å²) in [5.74, 6) is 3.23. The summed E-state index contributed by atoms with van der Waals surface area (Å²) in [6.07, 6.45) is 3.51. The minimum absolute atomic E-state index is 0.0573. The van der Waals surface area contributed by atoms with E-state index in [1.165, 1.54) is 0 Å². The summed E-state index contributed by atoms with van der Waals surface area (Å²) in [6.45, 7) is 21.6. The van der Waals surface area contributed by atoms with Crippen molar-refractivity contribution >= 4 is 42.5 Å². The van der Waals surface area contributed by atoms with E-state index in [0.29, 0.717) is 53.2 Å². The van der Waals surface area contributed by atoms with Crippen LogP contribution in [0.5, 0.6) is 6.01 Å². The van der Waals surface area contributed by atoms with Crippen molar-refractivity contribution in [2.45, 2.75) is 128 Å². The van der Waals surface area contributed by atoms with E-state index >= 15 is 4.39 Å². The molecule has 0 aliphatic carbocycles. The number of hydrogen-bond acceptors (Lipinski definition) is 8. The normalized spacial score (nSPS) is 22.1. The fourth-order valence-corrected chi connectivity index (χ4v) is 13.5. The van der Waals surface area contributed by atoms with E-state index in [0.717, 1.165) is 32.2 Å². The van der Waals surface area contributed by atoms with Crippen molar-refractivity contribution in [3.63, 3.8) is 0 Å². The summed E-state index contributed by atoms with van der Waals surface area (Å²) in [6, 6.07) is 0.185. The Labute approximate surface area is 285 Å². The summed E-state index contributed by atoms with van der Waals surface area (Å²) in [5.41, 5.74) is 4.79. The van der Waals surface area contributed by atoms with Gasteiger partial charge in [-0.15, -0.1) is 5.54 Å². The van der Waals surface area contributed by atoms with Gasteiger partial charge in [-0.2, -0.15) is 9.97 Å². The molecule has 2 bridgehead atoms. The molecule has 9 nitrogen and oxygen atoms in total. The molecule has 3 aliphatic rings. The van der Waals surface area contributed by atoms with Crippen LogP contribution >= 0.6 is 11.6 Å². The molecule has 3 atom stereocenters. The lowest BCUT2D eigenvalue weighted by atomic mass is 10.1. The van der Waals surface area contributed by atoms with Gasteiger partial charge in [0.1, 0.15) is 37.3 Å². The molecule has 2 aromatic heterocycles. The van der Waals surface area contributed by atoms with E-state index in [-0.39, 0.29) is 40.9 Å². The van der Waals surface area contributed by atoms with Crippen LogP contribution in [0.3, 0.4) is 0 Å². The number of likely N-dealkylation sites (tertiary alicyclic amines) is 1. The number of piperazine rings is 1. The fourth-order valence-electron chi connectivity index (χ4n) is 8.14. The fraction of sp³-hybridized carbons (Fsp3) is 0.714. The first-order valence-corrected chi connectivity index (χ1v) is 19.8. The molecule has 0 saturated carbocycles. The van der Waals surface area contributed by atoms with E-state index in [1.54, 1.807) is 0 Å². The van der Waals surface area contributed by atoms with Gasteiger partial charge in [-0.3, -0.25) is 4.90 Å². The number of amides is 1. The quantitative estimate of drug-likeness (QED) is 0.169. The van der Waals surface area contributed by atoms with E-state index in [1.807, 2.05) is 25.7 Å². The molecule has 3 aliphatic heterocycles. The van der Waals surface area contributed by atoms with E-state index in [9.17, 15) is 4.79 Å². The predicted octanol–water partition coefficient (Wildman–Crippen LogP) is 7.45. The molecule has 12 heteroatoms. The molecule has 1 amide bonds. The lowest BCUT2D eigenvalue weighted by molar-refractivity contribution is 0.0122. The Bertz CT molecular complexity index is 1520. The second-order valence-corrected chi connectivity index (χ2v) is 21.5. The lowest BCUT2D eigenvalue weighted by Crippen LogP contribution is -2.57. The van der Waals surface area contributed by atoms with E-state index < -0.39 is 19.5 Å². The number of pyridine rings is 1. The van der Waals surface area contributed by atoms with Crippen LogP contribution in [0, 0.1) is 17.3 Å². The molecule has 0 aromatic carbocycles. The SMILES string of the molecule is CC(C)[Si](C#Cc1nc(Cl)c(F)c2nc(OC[C@H]3CCCN3C)nc(N3CC4CCC(C3)N4C(=O)OC(C)(C)C)c12)(C(C)C)C(C)C. The Balaban J connectivity index is 1.63. The molecule has 0 spiro atoms. The molecule has 0 radical (unpaired) electrons. The van der Waals surface area contributed by atoms with Crippen molar-refractivity contribution in [1.29, 1.82) is 0 Å². The minimum Gasteiger partial charge on any atom is -0.462 e. The van der Waals surface area contributed by atoms with Crippen molar-refractivity contribution in [3.05, 3.63) is 16.7 Å². The van der Waals surface area contributed by atoms with Gasteiger partial charge in [-0.05, 0) is 76.7 Å². The highest BCUT2D eigenvalue weighted by Crippen LogP contribution is 2.42. The van der Waals surface area contributed by atoms with Crippen LogP contribution in [0.4, 0.5) is 15.0 Å². The predicted molar refractivity (Wildman–Crippen MR) is 188 cm³/mol. The number of ether oxygens (including phenoxy) is 2. The summed E-state index contributed by atoms with van der Waals surface area (Å²) in [5, 5.41) is 0.169. The van der Waals surface area contributed by atoms with Gasteiger partial charge in [0.2, 0.25) is 0 Å². The Morgan fingerprint density at radius 1 is 1.02 bits per heavy atom. The molecule has 3 saturated heterocycles. The first-order chi connectivity index (χ1) is 22.0. The van der Waals surface area contributed by atoms with Gasteiger partial charge in [0.15, 0.2) is 11.0 Å². The van der Waals surface area contributed by atoms with Crippen LogP contribution in [0.15, 0.2) is 0 Å². The molecular formula is C35H52ClFN6O3Si. The van der Waals surface area contributed by atoms with Gasteiger partial charge < -0.3 is 19.3 Å². The number of nitrogens with zero attached hydrogens (tertiary/aromatic N) is 6. The van der Waals surface area contributed by atoms with E-state index in [2.05, 4.69) is 79.8 Å². The van der Waals surface area contributed by atoms with Crippen molar-refractivity contribution in [1.82, 2.24) is 24.8 Å². The maximum Gasteiger partial charge on any atom is 0.410 e. The second kappa shape index (κ2) is 13.7. The number of carbonyl (C=O) groups is 1. The van der Waals surface area contributed by atoms with Gasteiger partial charge >= 0.3 is 12.1 Å². The van der Waals surface area contributed by atoms with Crippen molar-refractivity contribution in [3.8, 4) is 17.5 Å². The molecular weight excluding hydrogens is 635 g/mol. The highest BCUT2D eigenvalue weighted by molar-refractivity contribution is 6.90. The zero-order valence-electron chi connectivity index (χ0n) is 29.8. The molecule has 258 valence electrons. The van der Waals surface area contributed by atoms with Crippen LogP contribution in [0.25, 0.3) is 10.9 Å². The number of halogens is 2. The number of rotatable bonds is 7. The molecule has 5 heterocycles. The third-order valence-corrected chi connectivity index (χ3v) is 17.0. The second-order valence-electron chi connectivity index (χ2n) is 15.5. The van der Waals surface area contributed by atoms with Gasteiger partial charge in [0.25, 0.3) is 0 Å². The summed E-state index contributed by atoms with van der Waals surface area (Å²) in [7, 11) is -0.0824. The summed E-state index contributed by atoms with van der Waals surface area (Å²) in [4.78, 5) is 33.6. The highest BCUT2D eigenvalue weighted by atomic mass is 35.5. The molecule has 5 rings (SSSR count). The number of fused-ring (bicyclic) bond motifs is 3. The highest BCUT2D eigenvalue weighted by Gasteiger charge is 2.46. The zero-order valence-corrected chi connectivity index (χ0v) is 31.5. The lowest BCUT2D eigenvalue weighted by Gasteiger charge is -2.42. The Hall–Kier alpha value is -2.68. The molecule has 0 N–H and O–H groups in total. The first-order valence-electron chi connectivity index (χ1n) is 17.2. The first kappa shape index (κ1) is 35.6. The van der Waals surface area contributed by atoms with Gasteiger partial charge in [-0.25, -0.2) is 14.2 Å². The molecule has 3 fully saturated rings. The minimum atomic E-state index is -2.16. The van der Waals surface area contributed by atoms with Gasteiger partial charge in [-0.1, -0.05) is 59.1 Å². The number of likely N-dealkylation sites (N-methyl/N-ethyl adjacent to an activating group) is 1. The standard InChI is InChI=1S/C35H52ClFN6O3Si/c1-21(2)47(22(3)4,23(5)6)17-15-27-28-30(29(37)31(36)38-27)39-33(45-20-26-12-11-16-41(26)10)40-32(28)42-18-24-13-14-25(19-42)43(24)34(44)46-35(7,8)9/h21-26H,11-14,16,18-20H2,1-10H3/t24?,25?,26-/m1/s1. The maximum atomic E-state index is 16.0. The van der Waals surface area contributed by atoms with Crippen molar-refractivity contribution in [2.24, 2.45) is 0 Å². The summed E-state index contributed by atoms with van der Waals surface area (Å²) < 4.78 is 28.0. The van der Waals surface area contributed by atoms with Crippen LogP contribution in [0.2, 0.25) is 21.8 Å². The molecule has 47 heavy (non-hydrogen) atoms. The van der Waals surface area contributed by atoms with Crippen LogP contribution < -0.4 is 9.64 Å². The summed E-state index contributed by atoms with van der Waals surface area (Å²) >= 11 is 6.46. The van der Waals surface area contributed by atoms with Gasteiger partial charge in [0, 0.05) is 19.1 Å². The topological polar surface area (TPSA) is 83.9 Å². The van der Waals surface area contributed by atoms with E-state index in [4.69, 9.17) is 26.1 Å². The Morgan fingerprint density at radius 2 is 1.64 bits per heavy atom. The number of carbonyl (C=O) groups excluding carboxylic acids is 1.